The molecular weight excluding hydrogens is 276 g/mol. The second kappa shape index (κ2) is 5.71. The van der Waals surface area contributed by atoms with Crippen molar-refractivity contribution >= 4 is 21.4 Å². The van der Waals surface area contributed by atoms with Gasteiger partial charge in [0.05, 0.1) is 0 Å². The third-order valence-electron chi connectivity index (χ3n) is 4.73. The van der Waals surface area contributed by atoms with Gasteiger partial charge in [-0.2, -0.15) is 0 Å². The predicted octanol–water partition coefficient (Wildman–Crippen LogP) is 4.00. The molecule has 2 nitrogen and oxygen atoms in total. The number of nitrogens with one attached hydrogen (secondary N) is 1. The molecule has 0 atom stereocenters. The Labute approximate surface area is 131 Å². The molecule has 2 aromatic rings. The Kier molecular flexibility index (Phi) is 3.74. The molecule has 2 fully saturated rings. The van der Waals surface area contributed by atoms with Crippen molar-refractivity contribution < 1.29 is 0 Å². The highest BCUT2D eigenvalue weighted by atomic mass is 32.1. The van der Waals surface area contributed by atoms with Crippen LogP contribution in [0.1, 0.15) is 36.1 Å². The Morgan fingerprint density at radius 2 is 2.00 bits per heavy atom. The zero-order valence-electron chi connectivity index (χ0n) is 12.8. The zero-order valence-corrected chi connectivity index (χ0v) is 13.6. The number of thiophene rings is 1. The topological polar surface area (TPSA) is 15.3 Å². The van der Waals surface area contributed by atoms with Gasteiger partial charge in [0.15, 0.2) is 0 Å². The van der Waals surface area contributed by atoms with E-state index in [9.17, 15) is 0 Å². The summed E-state index contributed by atoms with van der Waals surface area (Å²) in [6.45, 7) is 3.48. The molecule has 1 aromatic heterocycles. The molecule has 0 radical (unpaired) electrons. The molecule has 0 aliphatic heterocycles. The molecule has 2 aliphatic carbocycles. The van der Waals surface area contributed by atoms with E-state index < -0.39 is 0 Å². The molecule has 0 saturated heterocycles. The lowest BCUT2D eigenvalue weighted by Gasteiger charge is -2.22. The number of benzene rings is 1. The first-order chi connectivity index (χ1) is 10.3. The molecule has 0 bridgehead atoms. The van der Waals surface area contributed by atoms with E-state index in [2.05, 4.69) is 41.5 Å². The molecular formula is C18H24N2S. The zero-order chi connectivity index (χ0) is 14.2. The highest BCUT2D eigenvalue weighted by Crippen LogP contribution is 2.38. The van der Waals surface area contributed by atoms with Gasteiger partial charge in [-0.05, 0) is 55.7 Å². The van der Waals surface area contributed by atoms with Crippen molar-refractivity contribution in [1.29, 1.82) is 0 Å². The first-order valence-corrected chi connectivity index (χ1v) is 9.04. The summed E-state index contributed by atoms with van der Waals surface area (Å²) in [5.41, 5.74) is 1.58. The Morgan fingerprint density at radius 1 is 1.19 bits per heavy atom. The van der Waals surface area contributed by atoms with E-state index in [1.807, 2.05) is 11.3 Å². The monoisotopic (exact) mass is 300 g/mol. The fourth-order valence-electron chi connectivity index (χ4n) is 3.24. The van der Waals surface area contributed by atoms with Crippen LogP contribution in [0.3, 0.4) is 0 Å². The van der Waals surface area contributed by atoms with Crippen LogP contribution in [0.5, 0.6) is 0 Å². The maximum absolute atomic E-state index is 3.35. The Balaban J connectivity index is 1.64. The van der Waals surface area contributed by atoms with Crippen molar-refractivity contribution in [3.05, 3.63) is 34.7 Å². The van der Waals surface area contributed by atoms with Gasteiger partial charge in [-0.15, -0.1) is 11.3 Å². The SMILES string of the molecule is CNCc1sc2ccccc2c1CN(CC1CC1)C1CC1. The number of hydrogen-bond donors (Lipinski definition) is 1. The minimum Gasteiger partial charge on any atom is -0.315 e. The molecule has 0 spiro atoms. The lowest BCUT2D eigenvalue weighted by Crippen LogP contribution is -2.28. The van der Waals surface area contributed by atoms with Gasteiger partial charge >= 0.3 is 0 Å². The highest BCUT2D eigenvalue weighted by Gasteiger charge is 2.34. The van der Waals surface area contributed by atoms with Gasteiger partial charge in [-0.3, -0.25) is 4.90 Å². The van der Waals surface area contributed by atoms with Crippen molar-refractivity contribution in [1.82, 2.24) is 10.2 Å². The quantitative estimate of drug-likeness (QED) is 0.831. The summed E-state index contributed by atoms with van der Waals surface area (Å²) >= 11 is 1.97. The first-order valence-electron chi connectivity index (χ1n) is 8.23. The second-order valence-corrected chi connectivity index (χ2v) is 7.77. The number of rotatable bonds is 7. The Bertz CT molecular complexity index is 625. The van der Waals surface area contributed by atoms with Gasteiger partial charge in [0.2, 0.25) is 0 Å². The van der Waals surface area contributed by atoms with Crippen molar-refractivity contribution in [2.45, 2.75) is 44.8 Å². The van der Waals surface area contributed by atoms with Gasteiger partial charge in [0.1, 0.15) is 0 Å². The minimum absolute atomic E-state index is 0.867. The van der Waals surface area contributed by atoms with E-state index in [4.69, 9.17) is 0 Å². The first kappa shape index (κ1) is 13.7. The van der Waals surface area contributed by atoms with Crippen LogP contribution in [0.4, 0.5) is 0 Å². The molecule has 112 valence electrons. The maximum atomic E-state index is 3.35. The van der Waals surface area contributed by atoms with Crippen molar-refractivity contribution in [2.75, 3.05) is 13.6 Å². The van der Waals surface area contributed by atoms with E-state index in [0.717, 1.165) is 25.0 Å². The van der Waals surface area contributed by atoms with Crippen LogP contribution >= 0.6 is 11.3 Å². The summed E-state index contributed by atoms with van der Waals surface area (Å²) in [4.78, 5) is 4.30. The molecule has 1 N–H and O–H groups in total. The van der Waals surface area contributed by atoms with Crippen LogP contribution in [-0.4, -0.2) is 24.5 Å². The third-order valence-corrected chi connectivity index (χ3v) is 5.95. The van der Waals surface area contributed by atoms with Crippen LogP contribution in [0, 0.1) is 5.92 Å². The number of fused-ring (bicyclic) bond motifs is 1. The predicted molar refractivity (Wildman–Crippen MR) is 90.7 cm³/mol. The molecule has 2 aliphatic rings. The Hall–Kier alpha value is -0.900. The van der Waals surface area contributed by atoms with Crippen LogP contribution in [0.25, 0.3) is 10.1 Å². The van der Waals surface area contributed by atoms with E-state index in [1.165, 1.54) is 47.2 Å². The third kappa shape index (κ3) is 3.01. The summed E-state index contributed by atoms with van der Waals surface area (Å²) in [7, 11) is 2.05. The summed E-state index contributed by atoms with van der Waals surface area (Å²) in [6.07, 6.45) is 5.74. The maximum Gasteiger partial charge on any atom is 0.0349 e. The number of hydrogen-bond acceptors (Lipinski definition) is 3. The lowest BCUT2D eigenvalue weighted by atomic mass is 10.1. The molecule has 4 rings (SSSR count). The highest BCUT2D eigenvalue weighted by molar-refractivity contribution is 7.19. The fraction of sp³-hybridized carbons (Fsp3) is 0.556. The molecule has 1 aromatic carbocycles. The van der Waals surface area contributed by atoms with Crippen LogP contribution in [0.2, 0.25) is 0 Å². The van der Waals surface area contributed by atoms with Gasteiger partial charge in [-0.1, -0.05) is 18.2 Å². The summed E-state index contributed by atoms with van der Waals surface area (Å²) in [5, 5.41) is 4.83. The Morgan fingerprint density at radius 3 is 2.71 bits per heavy atom. The van der Waals surface area contributed by atoms with E-state index in [0.29, 0.717) is 0 Å². The average Bonchev–Trinajstić information content (AvgIpc) is 3.38. The average molecular weight is 300 g/mol. The molecule has 2 saturated carbocycles. The molecule has 1 heterocycles. The second-order valence-electron chi connectivity index (χ2n) is 6.63. The fourth-order valence-corrected chi connectivity index (χ4v) is 4.47. The summed E-state index contributed by atoms with van der Waals surface area (Å²) in [5.74, 6) is 0.989. The van der Waals surface area contributed by atoms with Gasteiger partial charge < -0.3 is 5.32 Å². The van der Waals surface area contributed by atoms with Gasteiger partial charge in [0, 0.05) is 35.3 Å². The van der Waals surface area contributed by atoms with Crippen molar-refractivity contribution in [3.8, 4) is 0 Å². The van der Waals surface area contributed by atoms with E-state index in [-0.39, 0.29) is 0 Å². The van der Waals surface area contributed by atoms with E-state index >= 15 is 0 Å². The molecule has 3 heteroatoms. The summed E-state index contributed by atoms with van der Waals surface area (Å²) in [6, 6.07) is 9.79. The van der Waals surface area contributed by atoms with Crippen LogP contribution < -0.4 is 5.32 Å². The van der Waals surface area contributed by atoms with Crippen molar-refractivity contribution in [2.24, 2.45) is 5.92 Å². The number of nitrogens with zero attached hydrogens (tertiary/aromatic N) is 1. The standard InChI is InChI=1S/C18H24N2S/c1-19-10-18-16(15-4-2-3-5-17(15)21-18)12-20(14-8-9-14)11-13-6-7-13/h2-5,13-14,19H,6-12H2,1H3. The lowest BCUT2D eigenvalue weighted by molar-refractivity contribution is 0.244. The van der Waals surface area contributed by atoms with Crippen LogP contribution in [-0.2, 0) is 13.1 Å². The van der Waals surface area contributed by atoms with E-state index in [1.54, 1.807) is 5.56 Å². The summed E-state index contributed by atoms with van der Waals surface area (Å²) < 4.78 is 1.44. The molecule has 0 unspecified atom stereocenters. The minimum atomic E-state index is 0.867. The van der Waals surface area contributed by atoms with Gasteiger partial charge in [0.25, 0.3) is 0 Å². The van der Waals surface area contributed by atoms with Gasteiger partial charge in [-0.25, -0.2) is 0 Å². The smallest absolute Gasteiger partial charge is 0.0349 e. The van der Waals surface area contributed by atoms with Crippen LogP contribution in [0.15, 0.2) is 24.3 Å². The van der Waals surface area contributed by atoms with Crippen molar-refractivity contribution in [3.63, 3.8) is 0 Å². The normalized spacial score (nSPS) is 18.8. The largest absolute Gasteiger partial charge is 0.315 e. The molecule has 21 heavy (non-hydrogen) atoms. The molecule has 0 amide bonds.